The number of nitrogens with two attached hydrogens (primary N) is 1. The molecule has 1 aliphatic rings. The standard InChI is InChI=1S/C19H25N3/c1-22-13-11-16(12-14-22)21-19(15-7-3-2-4-8-15)17-9-5-6-10-18(17)20/h2-10,16,19,21H,11-14,20H2,1H3. The van der Waals surface area contributed by atoms with E-state index in [-0.39, 0.29) is 6.04 Å². The summed E-state index contributed by atoms with van der Waals surface area (Å²) >= 11 is 0. The van der Waals surface area contributed by atoms with Gasteiger partial charge in [0.15, 0.2) is 0 Å². The molecule has 1 unspecified atom stereocenters. The Morgan fingerprint density at radius 1 is 1.00 bits per heavy atom. The van der Waals surface area contributed by atoms with Crippen LogP contribution in [0.3, 0.4) is 0 Å². The maximum absolute atomic E-state index is 6.24. The molecule has 0 bridgehead atoms. The Kier molecular flexibility index (Phi) is 4.76. The number of hydrogen-bond acceptors (Lipinski definition) is 3. The lowest BCUT2D eigenvalue weighted by Crippen LogP contribution is -2.42. The fourth-order valence-electron chi connectivity index (χ4n) is 3.20. The largest absolute Gasteiger partial charge is 0.398 e. The van der Waals surface area contributed by atoms with Crippen LogP contribution >= 0.6 is 0 Å². The molecule has 0 saturated carbocycles. The summed E-state index contributed by atoms with van der Waals surface area (Å²) in [5, 5.41) is 3.84. The first-order valence-electron chi connectivity index (χ1n) is 8.08. The van der Waals surface area contributed by atoms with Crippen molar-refractivity contribution in [3.8, 4) is 0 Å². The van der Waals surface area contributed by atoms with E-state index in [1.54, 1.807) is 0 Å². The predicted octanol–water partition coefficient (Wildman–Crippen LogP) is 3.04. The van der Waals surface area contributed by atoms with Crippen molar-refractivity contribution in [3.63, 3.8) is 0 Å². The second-order valence-corrected chi connectivity index (χ2v) is 6.22. The van der Waals surface area contributed by atoms with Crippen LogP contribution in [0.25, 0.3) is 0 Å². The van der Waals surface area contributed by atoms with E-state index >= 15 is 0 Å². The van der Waals surface area contributed by atoms with Crippen LogP contribution < -0.4 is 11.1 Å². The van der Waals surface area contributed by atoms with Crippen LogP contribution in [0.1, 0.15) is 30.0 Å². The Morgan fingerprint density at radius 3 is 2.32 bits per heavy atom. The molecule has 0 amide bonds. The van der Waals surface area contributed by atoms with Gasteiger partial charge in [0.25, 0.3) is 0 Å². The molecule has 1 aliphatic heterocycles. The lowest BCUT2D eigenvalue weighted by atomic mass is 9.94. The fraction of sp³-hybridized carbons (Fsp3) is 0.368. The Balaban J connectivity index is 1.85. The molecule has 1 saturated heterocycles. The first kappa shape index (κ1) is 15.1. The van der Waals surface area contributed by atoms with Gasteiger partial charge < -0.3 is 16.0 Å². The number of rotatable bonds is 4. The van der Waals surface area contributed by atoms with Crippen molar-refractivity contribution in [3.05, 3.63) is 65.7 Å². The van der Waals surface area contributed by atoms with Gasteiger partial charge in [-0.1, -0.05) is 48.5 Å². The summed E-state index contributed by atoms with van der Waals surface area (Å²) in [6, 6.07) is 19.5. The van der Waals surface area contributed by atoms with Gasteiger partial charge in [0, 0.05) is 11.7 Å². The molecule has 22 heavy (non-hydrogen) atoms. The summed E-state index contributed by atoms with van der Waals surface area (Å²) in [7, 11) is 2.19. The van der Waals surface area contributed by atoms with E-state index in [1.165, 1.54) is 24.0 Å². The third kappa shape index (κ3) is 3.49. The summed E-state index contributed by atoms with van der Waals surface area (Å²) in [5.41, 5.74) is 9.55. The van der Waals surface area contributed by atoms with Crippen molar-refractivity contribution < 1.29 is 0 Å². The second kappa shape index (κ2) is 6.95. The van der Waals surface area contributed by atoms with Gasteiger partial charge in [-0.15, -0.1) is 0 Å². The lowest BCUT2D eigenvalue weighted by Gasteiger charge is -2.33. The van der Waals surface area contributed by atoms with Gasteiger partial charge in [0.1, 0.15) is 0 Å². The highest BCUT2D eigenvalue weighted by Crippen LogP contribution is 2.28. The van der Waals surface area contributed by atoms with Gasteiger partial charge in [-0.05, 0) is 50.2 Å². The molecule has 3 nitrogen and oxygen atoms in total. The van der Waals surface area contributed by atoms with E-state index in [9.17, 15) is 0 Å². The van der Waals surface area contributed by atoms with Crippen molar-refractivity contribution in [2.75, 3.05) is 25.9 Å². The van der Waals surface area contributed by atoms with Gasteiger partial charge in [0.05, 0.1) is 6.04 Å². The number of likely N-dealkylation sites (tertiary alicyclic amines) is 1. The van der Waals surface area contributed by atoms with Crippen molar-refractivity contribution >= 4 is 5.69 Å². The molecule has 2 aromatic carbocycles. The van der Waals surface area contributed by atoms with Crippen LogP contribution in [-0.4, -0.2) is 31.1 Å². The normalized spacial score (nSPS) is 18.2. The van der Waals surface area contributed by atoms with Gasteiger partial charge in [0.2, 0.25) is 0 Å². The van der Waals surface area contributed by atoms with E-state index in [2.05, 4.69) is 59.7 Å². The summed E-state index contributed by atoms with van der Waals surface area (Å²) in [5.74, 6) is 0. The van der Waals surface area contributed by atoms with E-state index in [4.69, 9.17) is 5.73 Å². The van der Waals surface area contributed by atoms with Crippen LogP contribution in [0.5, 0.6) is 0 Å². The van der Waals surface area contributed by atoms with Gasteiger partial charge in [-0.2, -0.15) is 0 Å². The monoisotopic (exact) mass is 295 g/mol. The highest BCUT2D eigenvalue weighted by molar-refractivity contribution is 5.51. The lowest BCUT2D eigenvalue weighted by molar-refractivity contribution is 0.229. The number of nitrogen functional groups attached to an aromatic ring is 1. The van der Waals surface area contributed by atoms with Gasteiger partial charge in [-0.3, -0.25) is 0 Å². The number of piperidine rings is 1. The molecule has 1 atom stereocenters. The zero-order valence-corrected chi connectivity index (χ0v) is 13.2. The smallest absolute Gasteiger partial charge is 0.0599 e. The number of nitrogens with zero attached hydrogens (tertiary/aromatic N) is 1. The molecular weight excluding hydrogens is 270 g/mol. The number of hydrogen-bond donors (Lipinski definition) is 2. The molecule has 2 aromatic rings. The minimum absolute atomic E-state index is 0.163. The quantitative estimate of drug-likeness (QED) is 0.852. The zero-order chi connectivity index (χ0) is 15.4. The van der Waals surface area contributed by atoms with Gasteiger partial charge >= 0.3 is 0 Å². The molecule has 3 heteroatoms. The molecule has 3 rings (SSSR count). The average molecular weight is 295 g/mol. The molecule has 1 fully saturated rings. The highest BCUT2D eigenvalue weighted by atomic mass is 15.1. The third-order valence-corrected chi connectivity index (χ3v) is 4.56. The third-order valence-electron chi connectivity index (χ3n) is 4.56. The predicted molar refractivity (Wildman–Crippen MR) is 92.8 cm³/mol. The first-order chi connectivity index (χ1) is 10.7. The van der Waals surface area contributed by atoms with Crippen LogP contribution in [-0.2, 0) is 0 Å². The Labute approximate surface area is 133 Å². The Hall–Kier alpha value is -1.84. The van der Waals surface area contributed by atoms with Crippen LogP contribution in [0.15, 0.2) is 54.6 Å². The maximum atomic E-state index is 6.24. The zero-order valence-electron chi connectivity index (χ0n) is 13.2. The minimum Gasteiger partial charge on any atom is -0.398 e. The molecule has 0 aromatic heterocycles. The SMILES string of the molecule is CN1CCC(NC(c2ccccc2)c2ccccc2N)CC1. The minimum atomic E-state index is 0.163. The van der Waals surface area contributed by atoms with E-state index in [0.717, 1.165) is 18.8 Å². The Morgan fingerprint density at radius 2 is 1.64 bits per heavy atom. The molecule has 116 valence electrons. The average Bonchev–Trinajstić information content (AvgIpc) is 2.56. The van der Waals surface area contributed by atoms with E-state index < -0.39 is 0 Å². The van der Waals surface area contributed by atoms with Crippen LogP contribution in [0.4, 0.5) is 5.69 Å². The highest BCUT2D eigenvalue weighted by Gasteiger charge is 2.23. The summed E-state index contributed by atoms with van der Waals surface area (Å²) in [6.07, 6.45) is 2.37. The van der Waals surface area contributed by atoms with Gasteiger partial charge in [-0.25, -0.2) is 0 Å². The number of para-hydroxylation sites is 1. The van der Waals surface area contributed by atoms with Crippen molar-refractivity contribution in [1.82, 2.24) is 10.2 Å². The van der Waals surface area contributed by atoms with E-state index in [0.29, 0.717) is 6.04 Å². The Bertz CT molecular complexity index is 589. The fourth-order valence-corrected chi connectivity index (χ4v) is 3.20. The maximum Gasteiger partial charge on any atom is 0.0599 e. The summed E-state index contributed by atoms with van der Waals surface area (Å²) < 4.78 is 0. The number of anilines is 1. The number of nitrogens with one attached hydrogen (secondary N) is 1. The van der Waals surface area contributed by atoms with Crippen molar-refractivity contribution in [2.45, 2.75) is 24.9 Å². The molecule has 3 N–H and O–H groups in total. The summed E-state index contributed by atoms with van der Waals surface area (Å²) in [6.45, 7) is 2.31. The molecule has 0 spiro atoms. The summed E-state index contributed by atoms with van der Waals surface area (Å²) in [4.78, 5) is 2.40. The van der Waals surface area contributed by atoms with Crippen LogP contribution in [0.2, 0.25) is 0 Å². The molecule has 1 heterocycles. The number of benzene rings is 2. The van der Waals surface area contributed by atoms with Crippen LogP contribution in [0, 0.1) is 0 Å². The first-order valence-corrected chi connectivity index (χ1v) is 8.08. The molecule has 0 radical (unpaired) electrons. The topological polar surface area (TPSA) is 41.3 Å². The van der Waals surface area contributed by atoms with Crippen molar-refractivity contribution in [1.29, 1.82) is 0 Å². The second-order valence-electron chi connectivity index (χ2n) is 6.22. The molecule has 0 aliphatic carbocycles. The van der Waals surface area contributed by atoms with Crippen molar-refractivity contribution in [2.24, 2.45) is 0 Å². The van der Waals surface area contributed by atoms with E-state index in [1.807, 2.05) is 12.1 Å². The molecular formula is C19H25N3.